The zero-order valence-corrected chi connectivity index (χ0v) is 15.9. The Morgan fingerprint density at radius 1 is 1.40 bits per heavy atom. The predicted molar refractivity (Wildman–Crippen MR) is 97.8 cm³/mol. The third kappa shape index (κ3) is 4.95. The number of fused-ring (bicyclic) bond motifs is 1. The molecular weight excluding hydrogens is 340 g/mol. The minimum Gasteiger partial charge on any atom is -0.486 e. The quantitative estimate of drug-likeness (QED) is 0.734. The van der Waals surface area contributed by atoms with Crippen molar-refractivity contribution in [2.45, 2.75) is 69.8 Å². The van der Waals surface area contributed by atoms with E-state index in [0.29, 0.717) is 12.8 Å². The second-order valence-electron chi connectivity index (χ2n) is 7.17. The summed E-state index contributed by atoms with van der Waals surface area (Å²) in [4.78, 5) is 11.3. The summed E-state index contributed by atoms with van der Waals surface area (Å²) in [5, 5.41) is -0.807. The van der Waals surface area contributed by atoms with Crippen LogP contribution in [0.3, 0.4) is 0 Å². The van der Waals surface area contributed by atoms with E-state index in [0.717, 1.165) is 24.2 Å². The minimum atomic E-state index is -3.69. The van der Waals surface area contributed by atoms with Crippen molar-refractivity contribution in [3.8, 4) is 5.75 Å². The van der Waals surface area contributed by atoms with Gasteiger partial charge in [-0.05, 0) is 38.3 Å². The van der Waals surface area contributed by atoms with Gasteiger partial charge in [0.05, 0.1) is 11.3 Å². The highest BCUT2D eigenvalue weighted by atomic mass is 32.2. The van der Waals surface area contributed by atoms with E-state index in [1.54, 1.807) is 0 Å². The van der Waals surface area contributed by atoms with Crippen molar-refractivity contribution in [1.29, 1.82) is 0 Å². The molecule has 0 radical (unpaired) electrons. The number of rotatable bonds is 8. The molecule has 0 aliphatic carbocycles. The van der Waals surface area contributed by atoms with E-state index in [9.17, 15) is 13.2 Å². The average Bonchev–Trinajstić information content (AvgIpc) is 2.51. The van der Waals surface area contributed by atoms with E-state index < -0.39 is 32.8 Å². The van der Waals surface area contributed by atoms with Crippen molar-refractivity contribution in [2.24, 2.45) is 5.73 Å². The van der Waals surface area contributed by atoms with Gasteiger partial charge in [0.2, 0.25) is 15.9 Å². The molecule has 140 valence electrons. The first-order valence-corrected chi connectivity index (χ1v) is 10.3. The SMILES string of the molecule is CCCCC(CC(N)=O)S(=O)(=O)NC1Cc2ccccc2OC1(C)C. The molecule has 0 spiro atoms. The second kappa shape index (κ2) is 7.74. The molecule has 25 heavy (non-hydrogen) atoms. The topological polar surface area (TPSA) is 98.5 Å². The molecule has 0 fully saturated rings. The molecule has 1 heterocycles. The molecule has 0 saturated carbocycles. The summed E-state index contributed by atoms with van der Waals surface area (Å²) in [5.41, 5.74) is 5.53. The van der Waals surface area contributed by atoms with Gasteiger partial charge in [-0.3, -0.25) is 4.79 Å². The molecule has 1 amide bonds. The Balaban J connectivity index is 2.21. The lowest BCUT2D eigenvalue weighted by Gasteiger charge is -2.40. The summed E-state index contributed by atoms with van der Waals surface area (Å²) >= 11 is 0. The lowest BCUT2D eigenvalue weighted by atomic mass is 9.89. The van der Waals surface area contributed by atoms with Crippen LogP contribution in [0.15, 0.2) is 24.3 Å². The Hall–Kier alpha value is -1.60. The number of para-hydroxylation sites is 1. The Labute approximate surface area is 150 Å². The van der Waals surface area contributed by atoms with Crippen LogP contribution in [0.2, 0.25) is 0 Å². The third-order valence-electron chi connectivity index (χ3n) is 4.66. The first-order chi connectivity index (χ1) is 11.7. The smallest absolute Gasteiger partial charge is 0.218 e. The Bertz CT molecular complexity index is 716. The van der Waals surface area contributed by atoms with Crippen LogP contribution in [0, 0.1) is 0 Å². The number of benzene rings is 1. The van der Waals surface area contributed by atoms with Gasteiger partial charge in [-0.15, -0.1) is 0 Å². The molecule has 1 aromatic rings. The second-order valence-corrected chi connectivity index (χ2v) is 9.16. The van der Waals surface area contributed by atoms with Crippen molar-refractivity contribution in [2.75, 3.05) is 0 Å². The molecule has 1 aromatic carbocycles. The minimum absolute atomic E-state index is 0.167. The molecule has 3 N–H and O–H groups in total. The van der Waals surface area contributed by atoms with Crippen molar-refractivity contribution in [3.05, 3.63) is 29.8 Å². The number of amides is 1. The van der Waals surface area contributed by atoms with Crippen LogP contribution in [0.1, 0.15) is 52.0 Å². The normalized spacial score (nSPS) is 20.4. The number of sulfonamides is 1. The number of carbonyl (C=O) groups excluding carboxylic acids is 1. The molecule has 2 atom stereocenters. The third-order valence-corrected chi connectivity index (χ3v) is 6.56. The number of nitrogens with two attached hydrogens (primary N) is 1. The molecule has 1 aliphatic rings. The van der Waals surface area contributed by atoms with E-state index in [1.165, 1.54) is 0 Å². The summed E-state index contributed by atoms with van der Waals surface area (Å²) in [6.07, 6.45) is 2.38. The van der Waals surface area contributed by atoms with Gasteiger partial charge in [0.1, 0.15) is 11.4 Å². The van der Waals surface area contributed by atoms with E-state index in [1.807, 2.05) is 45.0 Å². The fourth-order valence-electron chi connectivity index (χ4n) is 3.09. The number of ether oxygens (including phenoxy) is 1. The summed E-state index contributed by atoms with van der Waals surface area (Å²) in [6.45, 7) is 5.72. The maximum atomic E-state index is 12.9. The zero-order chi connectivity index (χ0) is 18.7. The molecule has 0 saturated heterocycles. The molecule has 0 bridgehead atoms. The molecule has 2 unspecified atom stereocenters. The monoisotopic (exact) mass is 368 g/mol. The summed E-state index contributed by atoms with van der Waals surface area (Å²) in [6, 6.07) is 7.21. The van der Waals surface area contributed by atoms with E-state index >= 15 is 0 Å². The maximum absolute atomic E-state index is 12.9. The van der Waals surface area contributed by atoms with E-state index in [2.05, 4.69) is 4.72 Å². The highest BCUT2D eigenvalue weighted by Gasteiger charge is 2.40. The predicted octanol–water partition coefficient (Wildman–Crippen LogP) is 2.12. The largest absolute Gasteiger partial charge is 0.486 e. The average molecular weight is 368 g/mol. The Morgan fingerprint density at radius 3 is 2.72 bits per heavy atom. The number of hydrogen-bond acceptors (Lipinski definition) is 4. The summed E-state index contributed by atoms with van der Waals surface area (Å²) < 4.78 is 34.5. The zero-order valence-electron chi connectivity index (χ0n) is 15.1. The van der Waals surface area contributed by atoms with Gasteiger partial charge in [-0.25, -0.2) is 13.1 Å². The number of primary amides is 1. The Kier molecular flexibility index (Phi) is 6.11. The molecule has 7 heteroatoms. The van der Waals surface area contributed by atoms with Crippen molar-refractivity contribution in [3.63, 3.8) is 0 Å². The lowest BCUT2D eigenvalue weighted by Crippen LogP contribution is -2.57. The van der Waals surface area contributed by atoms with Crippen LogP contribution in [0.5, 0.6) is 5.75 Å². The van der Waals surface area contributed by atoms with Gasteiger partial charge in [0, 0.05) is 6.42 Å². The van der Waals surface area contributed by atoms with Crippen LogP contribution in [0.25, 0.3) is 0 Å². The van der Waals surface area contributed by atoms with Crippen LogP contribution in [0.4, 0.5) is 0 Å². The van der Waals surface area contributed by atoms with E-state index in [-0.39, 0.29) is 6.42 Å². The lowest BCUT2D eigenvalue weighted by molar-refractivity contribution is -0.118. The molecule has 6 nitrogen and oxygen atoms in total. The van der Waals surface area contributed by atoms with Crippen LogP contribution in [-0.4, -0.2) is 31.2 Å². The maximum Gasteiger partial charge on any atom is 0.218 e. The van der Waals surface area contributed by atoms with E-state index in [4.69, 9.17) is 10.5 Å². The van der Waals surface area contributed by atoms with Crippen LogP contribution < -0.4 is 15.2 Å². The van der Waals surface area contributed by atoms with Gasteiger partial charge in [0.15, 0.2) is 0 Å². The fourth-order valence-corrected chi connectivity index (χ4v) is 4.91. The van der Waals surface area contributed by atoms with Gasteiger partial charge in [-0.1, -0.05) is 38.0 Å². The first kappa shape index (κ1) is 19.7. The molecule has 0 aromatic heterocycles. The standard InChI is InChI=1S/C18H28N2O4S/c1-4-5-9-14(12-17(19)21)25(22,23)20-16-11-13-8-6-7-10-15(13)24-18(16,2)3/h6-8,10,14,16,20H,4-5,9,11-12H2,1-3H3,(H2,19,21). The summed E-state index contributed by atoms with van der Waals surface area (Å²) in [7, 11) is -3.69. The fraction of sp³-hybridized carbons (Fsp3) is 0.611. The van der Waals surface area contributed by atoms with Gasteiger partial charge in [0.25, 0.3) is 0 Å². The highest BCUT2D eigenvalue weighted by Crippen LogP contribution is 2.33. The van der Waals surface area contributed by atoms with Crippen LogP contribution in [-0.2, 0) is 21.2 Å². The summed E-state index contributed by atoms with van der Waals surface area (Å²) in [5.74, 6) is 0.179. The van der Waals surface area contributed by atoms with Crippen molar-refractivity contribution < 1.29 is 17.9 Å². The van der Waals surface area contributed by atoms with Crippen molar-refractivity contribution in [1.82, 2.24) is 4.72 Å². The molecule has 2 rings (SSSR count). The van der Waals surface area contributed by atoms with Crippen LogP contribution >= 0.6 is 0 Å². The molecule has 1 aliphatic heterocycles. The molecular formula is C18H28N2O4S. The Morgan fingerprint density at radius 2 is 2.08 bits per heavy atom. The van der Waals surface area contributed by atoms with Crippen molar-refractivity contribution >= 4 is 15.9 Å². The number of nitrogens with one attached hydrogen (secondary N) is 1. The van der Waals surface area contributed by atoms with Gasteiger partial charge >= 0.3 is 0 Å². The number of unbranched alkanes of at least 4 members (excludes halogenated alkanes) is 1. The number of carbonyl (C=O) groups is 1. The first-order valence-electron chi connectivity index (χ1n) is 8.72. The van der Waals surface area contributed by atoms with Gasteiger partial charge < -0.3 is 10.5 Å². The highest BCUT2D eigenvalue weighted by molar-refractivity contribution is 7.90. The van der Waals surface area contributed by atoms with Gasteiger partial charge in [-0.2, -0.15) is 0 Å². The number of hydrogen-bond donors (Lipinski definition) is 2.